The smallest absolute Gasteiger partial charge is 0.220 e. The molecule has 0 spiro atoms. The fourth-order valence-electron chi connectivity index (χ4n) is 2.75. The Balaban J connectivity index is 1.77. The van der Waals surface area contributed by atoms with Crippen LogP contribution in [0.4, 0.5) is 5.69 Å². The van der Waals surface area contributed by atoms with E-state index in [1.807, 2.05) is 24.3 Å². The Bertz CT molecular complexity index is 647. The molecule has 0 fully saturated rings. The maximum Gasteiger partial charge on any atom is 0.220 e. The summed E-state index contributed by atoms with van der Waals surface area (Å²) in [6.45, 7) is 6.87. The third-order valence-electron chi connectivity index (χ3n) is 4.35. The molecule has 2 aromatic rings. The third kappa shape index (κ3) is 5.82. The van der Waals surface area contributed by atoms with Gasteiger partial charge in [-0.25, -0.2) is 0 Å². The topological polar surface area (TPSA) is 41.6 Å². The summed E-state index contributed by atoms with van der Waals surface area (Å²) in [5.41, 5.74) is 3.48. The minimum absolute atomic E-state index is 0.0728. The summed E-state index contributed by atoms with van der Waals surface area (Å²) in [6, 6.07) is 16.2. The van der Waals surface area contributed by atoms with Gasteiger partial charge in [-0.1, -0.05) is 24.3 Å². The number of amides is 1. The summed E-state index contributed by atoms with van der Waals surface area (Å²) >= 11 is 0. The highest BCUT2D eigenvalue weighted by molar-refractivity contribution is 5.76. The van der Waals surface area contributed by atoms with Gasteiger partial charge in [0.2, 0.25) is 5.91 Å². The van der Waals surface area contributed by atoms with Crippen LogP contribution in [0.2, 0.25) is 0 Å². The number of carbonyl (C=O) groups excluding carboxylic acids is 1. The first-order valence-corrected chi connectivity index (χ1v) is 8.89. The summed E-state index contributed by atoms with van der Waals surface area (Å²) < 4.78 is 5.14. The number of carbonyl (C=O) groups is 1. The number of aryl methyl sites for hydroxylation is 1. The quantitative estimate of drug-likeness (QED) is 0.755. The average molecular weight is 340 g/mol. The van der Waals surface area contributed by atoms with Crippen LogP contribution in [0, 0.1) is 0 Å². The average Bonchev–Trinajstić information content (AvgIpc) is 2.67. The van der Waals surface area contributed by atoms with E-state index in [1.165, 1.54) is 5.69 Å². The van der Waals surface area contributed by atoms with E-state index < -0.39 is 0 Å². The second-order valence-electron chi connectivity index (χ2n) is 5.96. The number of nitrogens with one attached hydrogen (secondary N) is 1. The highest BCUT2D eigenvalue weighted by atomic mass is 16.5. The molecule has 0 unspecified atom stereocenters. The Morgan fingerprint density at radius 3 is 2.12 bits per heavy atom. The first-order valence-electron chi connectivity index (χ1n) is 8.89. The second kappa shape index (κ2) is 9.72. The van der Waals surface area contributed by atoms with Gasteiger partial charge in [-0.15, -0.1) is 0 Å². The SMILES string of the molecule is CCN(CC)c1ccc(CNC(=O)CCc2ccc(OC)cc2)cc1. The van der Waals surface area contributed by atoms with Crippen LogP contribution >= 0.6 is 0 Å². The molecule has 0 atom stereocenters. The van der Waals surface area contributed by atoms with Gasteiger partial charge in [0.15, 0.2) is 0 Å². The maximum atomic E-state index is 12.0. The Labute approximate surface area is 150 Å². The lowest BCUT2D eigenvalue weighted by Gasteiger charge is -2.21. The molecular formula is C21H28N2O2. The lowest BCUT2D eigenvalue weighted by Crippen LogP contribution is -2.23. The number of anilines is 1. The molecule has 0 aliphatic heterocycles. The molecule has 2 aromatic carbocycles. The van der Waals surface area contributed by atoms with Crippen LogP contribution in [0.1, 0.15) is 31.4 Å². The van der Waals surface area contributed by atoms with Crippen molar-refractivity contribution >= 4 is 11.6 Å². The summed E-state index contributed by atoms with van der Waals surface area (Å²) in [4.78, 5) is 14.3. The molecule has 0 aliphatic rings. The van der Waals surface area contributed by atoms with Crippen molar-refractivity contribution in [1.29, 1.82) is 0 Å². The molecule has 0 saturated heterocycles. The van der Waals surface area contributed by atoms with Crippen LogP contribution in [0.25, 0.3) is 0 Å². The van der Waals surface area contributed by atoms with Crippen molar-refractivity contribution in [3.05, 3.63) is 59.7 Å². The van der Waals surface area contributed by atoms with Gasteiger partial charge in [-0.3, -0.25) is 4.79 Å². The molecular weight excluding hydrogens is 312 g/mol. The van der Waals surface area contributed by atoms with Crippen molar-refractivity contribution in [3.63, 3.8) is 0 Å². The fourth-order valence-corrected chi connectivity index (χ4v) is 2.75. The highest BCUT2D eigenvalue weighted by Crippen LogP contribution is 2.15. The minimum atomic E-state index is 0.0728. The van der Waals surface area contributed by atoms with Crippen molar-refractivity contribution in [3.8, 4) is 5.75 Å². The fraction of sp³-hybridized carbons (Fsp3) is 0.381. The van der Waals surface area contributed by atoms with Crippen LogP contribution < -0.4 is 15.0 Å². The Kier molecular flexibility index (Phi) is 7.33. The van der Waals surface area contributed by atoms with E-state index in [2.05, 4.69) is 48.3 Å². The van der Waals surface area contributed by atoms with E-state index in [1.54, 1.807) is 7.11 Å². The molecule has 0 heterocycles. The number of benzene rings is 2. The molecule has 0 bridgehead atoms. The highest BCUT2D eigenvalue weighted by Gasteiger charge is 2.04. The zero-order chi connectivity index (χ0) is 18.1. The number of hydrogen-bond acceptors (Lipinski definition) is 3. The van der Waals surface area contributed by atoms with Gasteiger partial charge >= 0.3 is 0 Å². The second-order valence-corrected chi connectivity index (χ2v) is 5.96. The predicted octanol–water partition coefficient (Wildman–Crippen LogP) is 3.79. The van der Waals surface area contributed by atoms with Crippen molar-refractivity contribution in [1.82, 2.24) is 5.32 Å². The lowest BCUT2D eigenvalue weighted by atomic mass is 10.1. The lowest BCUT2D eigenvalue weighted by molar-refractivity contribution is -0.121. The number of methoxy groups -OCH3 is 1. The van der Waals surface area contributed by atoms with Gasteiger partial charge in [0, 0.05) is 31.7 Å². The largest absolute Gasteiger partial charge is 0.497 e. The Morgan fingerprint density at radius 1 is 0.960 bits per heavy atom. The van der Waals surface area contributed by atoms with Gasteiger partial charge in [0.25, 0.3) is 0 Å². The molecule has 0 saturated carbocycles. The normalized spacial score (nSPS) is 10.4. The van der Waals surface area contributed by atoms with Gasteiger partial charge in [-0.2, -0.15) is 0 Å². The molecule has 0 radical (unpaired) electrons. The van der Waals surface area contributed by atoms with E-state index in [0.29, 0.717) is 13.0 Å². The zero-order valence-electron chi connectivity index (χ0n) is 15.4. The monoisotopic (exact) mass is 340 g/mol. The van der Waals surface area contributed by atoms with Crippen LogP contribution in [0.15, 0.2) is 48.5 Å². The molecule has 4 nitrogen and oxygen atoms in total. The van der Waals surface area contributed by atoms with E-state index in [4.69, 9.17) is 4.74 Å². The molecule has 1 amide bonds. The first kappa shape index (κ1) is 18.8. The van der Waals surface area contributed by atoms with E-state index in [-0.39, 0.29) is 5.91 Å². The van der Waals surface area contributed by atoms with Gasteiger partial charge < -0.3 is 15.0 Å². The molecule has 25 heavy (non-hydrogen) atoms. The molecule has 1 N–H and O–H groups in total. The number of rotatable bonds is 9. The summed E-state index contributed by atoms with van der Waals surface area (Å²) in [5, 5.41) is 2.99. The van der Waals surface area contributed by atoms with Crippen molar-refractivity contribution in [2.75, 3.05) is 25.1 Å². The molecule has 2 rings (SSSR count). The zero-order valence-corrected chi connectivity index (χ0v) is 15.4. The summed E-state index contributed by atoms with van der Waals surface area (Å²) in [5.74, 6) is 0.907. The molecule has 4 heteroatoms. The Hall–Kier alpha value is -2.49. The minimum Gasteiger partial charge on any atom is -0.497 e. The summed E-state index contributed by atoms with van der Waals surface area (Å²) in [7, 11) is 1.65. The van der Waals surface area contributed by atoms with Gasteiger partial charge in [0.1, 0.15) is 5.75 Å². The number of hydrogen-bond donors (Lipinski definition) is 1. The van der Waals surface area contributed by atoms with Gasteiger partial charge in [-0.05, 0) is 55.7 Å². The van der Waals surface area contributed by atoms with Crippen LogP contribution in [-0.4, -0.2) is 26.1 Å². The molecule has 134 valence electrons. The Morgan fingerprint density at radius 2 is 1.56 bits per heavy atom. The standard InChI is InChI=1S/C21H28N2O2/c1-4-23(5-2)19-11-6-18(7-12-19)16-22-21(24)15-10-17-8-13-20(25-3)14-9-17/h6-9,11-14H,4-5,10,15-16H2,1-3H3,(H,22,24). The maximum absolute atomic E-state index is 12.0. The van der Waals surface area contributed by atoms with Gasteiger partial charge in [0.05, 0.1) is 7.11 Å². The first-order chi connectivity index (χ1) is 12.2. The van der Waals surface area contributed by atoms with E-state index >= 15 is 0 Å². The van der Waals surface area contributed by atoms with E-state index in [9.17, 15) is 4.79 Å². The van der Waals surface area contributed by atoms with Crippen LogP contribution in [-0.2, 0) is 17.8 Å². The predicted molar refractivity (Wildman–Crippen MR) is 103 cm³/mol. The van der Waals surface area contributed by atoms with Crippen LogP contribution in [0.3, 0.4) is 0 Å². The van der Waals surface area contributed by atoms with E-state index in [0.717, 1.165) is 36.4 Å². The number of nitrogens with zero attached hydrogens (tertiary/aromatic N) is 1. The van der Waals surface area contributed by atoms with Crippen LogP contribution in [0.5, 0.6) is 5.75 Å². The molecule has 0 aromatic heterocycles. The van der Waals surface area contributed by atoms with Crippen molar-refractivity contribution in [2.45, 2.75) is 33.2 Å². The van der Waals surface area contributed by atoms with Crippen molar-refractivity contribution in [2.24, 2.45) is 0 Å². The number of ether oxygens (including phenoxy) is 1. The summed E-state index contributed by atoms with van der Waals surface area (Å²) in [6.07, 6.45) is 1.22. The third-order valence-corrected chi connectivity index (χ3v) is 4.35. The van der Waals surface area contributed by atoms with Crippen molar-refractivity contribution < 1.29 is 9.53 Å². The molecule has 0 aliphatic carbocycles.